The van der Waals surface area contributed by atoms with Crippen molar-refractivity contribution in [2.24, 2.45) is 5.41 Å². The van der Waals surface area contributed by atoms with Gasteiger partial charge in [0.05, 0.1) is 26.1 Å². The number of carboxylic acid groups (broad SMARTS) is 1. The van der Waals surface area contributed by atoms with Gasteiger partial charge in [-0.1, -0.05) is 12.1 Å². The van der Waals surface area contributed by atoms with E-state index in [1.54, 1.807) is 37.3 Å². The van der Waals surface area contributed by atoms with Crippen LogP contribution in [-0.4, -0.2) is 49.2 Å². The van der Waals surface area contributed by atoms with Gasteiger partial charge in [0.2, 0.25) is 5.91 Å². The average molecular weight is 347 g/mol. The summed E-state index contributed by atoms with van der Waals surface area (Å²) < 4.78 is 10.5. The van der Waals surface area contributed by atoms with Crippen molar-refractivity contribution in [3.63, 3.8) is 0 Å². The molecule has 0 unspecified atom stereocenters. The fourth-order valence-electron chi connectivity index (χ4n) is 3.33. The number of carbonyl (C=O) groups is 2. The summed E-state index contributed by atoms with van der Waals surface area (Å²) in [5, 5.41) is 9.62. The quantitative estimate of drug-likeness (QED) is 0.767. The Kier molecular flexibility index (Phi) is 6.07. The molecule has 1 heterocycles. The van der Waals surface area contributed by atoms with Gasteiger partial charge in [0.15, 0.2) is 11.5 Å². The Labute approximate surface area is 148 Å². The van der Waals surface area contributed by atoms with Crippen molar-refractivity contribution in [2.45, 2.75) is 25.7 Å². The van der Waals surface area contributed by atoms with Crippen LogP contribution >= 0.6 is 0 Å². The van der Waals surface area contributed by atoms with Gasteiger partial charge in [-0.2, -0.15) is 0 Å². The first-order chi connectivity index (χ1) is 12.0. The molecule has 0 bridgehead atoms. The molecule has 1 aromatic rings. The lowest BCUT2D eigenvalue weighted by atomic mass is 9.77. The van der Waals surface area contributed by atoms with E-state index in [1.165, 1.54) is 0 Å². The lowest BCUT2D eigenvalue weighted by molar-refractivity contribution is -0.154. The molecule has 1 aliphatic heterocycles. The zero-order valence-corrected chi connectivity index (χ0v) is 14.8. The molecule has 0 aromatic heterocycles. The molecule has 1 amide bonds. The van der Waals surface area contributed by atoms with Gasteiger partial charge in [-0.05, 0) is 37.0 Å². The summed E-state index contributed by atoms with van der Waals surface area (Å²) in [7, 11) is 3.10. The summed E-state index contributed by atoms with van der Waals surface area (Å²) in [6.45, 7) is 4.47. The third-order valence-electron chi connectivity index (χ3n) is 4.72. The number of rotatable bonds is 7. The highest BCUT2D eigenvalue weighted by atomic mass is 16.5. The second-order valence-corrected chi connectivity index (χ2v) is 6.36. The number of hydrogen-bond acceptors (Lipinski definition) is 4. The van der Waals surface area contributed by atoms with E-state index < -0.39 is 11.4 Å². The Balaban J connectivity index is 2.12. The van der Waals surface area contributed by atoms with Crippen LogP contribution in [0.15, 0.2) is 30.9 Å². The van der Waals surface area contributed by atoms with Crippen LogP contribution < -0.4 is 9.47 Å². The standard InChI is InChI=1S/C19H25NO5/c1-4-8-19(18(22)23)9-5-10-20(13-19)17(21)12-14-6-7-15(24-2)16(11-14)25-3/h4,6-7,11H,1,5,8-10,12-13H2,2-3H3,(H,22,23)/t19-/m0/s1. The highest BCUT2D eigenvalue weighted by molar-refractivity contribution is 5.81. The van der Waals surface area contributed by atoms with Crippen molar-refractivity contribution >= 4 is 11.9 Å². The maximum absolute atomic E-state index is 12.7. The van der Waals surface area contributed by atoms with Crippen molar-refractivity contribution in [3.05, 3.63) is 36.4 Å². The highest BCUT2D eigenvalue weighted by Gasteiger charge is 2.42. The first-order valence-electron chi connectivity index (χ1n) is 8.28. The molecule has 1 saturated heterocycles. The predicted octanol–water partition coefficient (Wildman–Crippen LogP) is 2.52. The topological polar surface area (TPSA) is 76.1 Å². The molecule has 1 atom stereocenters. The van der Waals surface area contributed by atoms with Gasteiger partial charge >= 0.3 is 5.97 Å². The number of piperidine rings is 1. The second-order valence-electron chi connectivity index (χ2n) is 6.36. The Morgan fingerprint density at radius 2 is 2.04 bits per heavy atom. The molecule has 0 spiro atoms. The zero-order valence-electron chi connectivity index (χ0n) is 14.8. The van der Waals surface area contributed by atoms with E-state index in [0.29, 0.717) is 37.3 Å². The summed E-state index contributed by atoms with van der Waals surface area (Å²) in [6.07, 6.45) is 3.43. The van der Waals surface area contributed by atoms with Crippen molar-refractivity contribution in [2.75, 3.05) is 27.3 Å². The predicted molar refractivity (Wildman–Crippen MR) is 93.9 cm³/mol. The molecular weight excluding hydrogens is 322 g/mol. The van der Waals surface area contributed by atoms with E-state index >= 15 is 0 Å². The fourth-order valence-corrected chi connectivity index (χ4v) is 3.33. The van der Waals surface area contributed by atoms with Crippen molar-refractivity contribution in [3.8, 4) is 11.5 Å². The number of carbonyl (C=O) groups excluding carboxylic acids is 1. The minimum Gasteiger partial charge on any atom is -0.493 e. The van der Waals surface area contributed by atoms with Gasteiger partial charge in [0, 0.05) is 13.1 Å². The number of allylic oxidation sites excluding steroid dienone is 1. The third kappa shape index (κ3) is 4.13. The minimum absolute atomic E-state index is 0.0818. The molecule has 0 aliphatic carbocycles. The minimum atomic E-state index is -0.923. The second kappa shape index (κ2) is 8.05. The monoisotopic (exact) mass is 347 g/mol. The number of nitrogens with zero attached hydrogens (tertiary/aromatic N) is 1. The Morgan fingerprint density at radius 1 is 1.32 bits per heavy atom. The van der Waals surface area contributed by atoms with Crippen LogP contribution in [0.4, 0.5) is 0 Å². The Bertz CT molecular complexity index is 657. The molecule has 1 fully saturated rings. The number of amides is 1. The number of carboxylic acids is 1. The van der Waals surface area contributed by atoms with Gasteiger partial charge in [0.25, 0.3) is 0 Å². The third-order valence-corrected chi connectivity index (χ3v) is 4.72. The van der Waals surface area contributed by atoms with Crippen molar-refractivity contribution in [1.29, 1.82) is 0 Å². The number of hydrogen-bond donors (Lipinski definition) is 1. The molecular formula is C19H25NO5. The molecule has 136 valence electrons. The first-order valence-corrected chi connectivity index (χ1v) is 8.28. The molecule has 25 heavy (non-hydrogen) atoms. The number of methoxy groups -OCH3 is 2. The van der Waals surface area contributed by atoms with Crippen LogP contribution in [0.5, 0.6) is 11.5 Å². The van der Waals surface area contributed by atoms with Crippen molar-refractivity contribution < 1.29 is 24.2 Å². The summed E-state index contributed by atoms with van der Waals surface area (Å²) in [4.78, 5) is 26.1. The molecule has 0 radical (unpaired) electrons. The smallest absolute Gasteiger partial charge is 0.311 e. The first kappa shape index (κ1) is 18.8. The van der Waals surface area contributed by atoms with Crippen molar-refractivity contribution in [1.82, 2.24) is 4.90 Å². The largest absolute Gasteiger partial charge is 0.493 e. The normalized spacial score (nSPS) is 20.0. The molecule has 0 saturated carbocycles. The molecule has 2 rings (SSSR count). The average Bonchev–Trinajstić information content (AvgIpc) is 2.61. The van der Waals surface area contributed by atoms with Gasteiger partial charge in [-0.3, -0.25) is 9.59 Å². The van der Waals surface area contributed by atoms with Gasteiger partial charge < -0.3 is 19.5 Å². The number of aliphatic carboxylic acids is 1. The zero-order chi connectivity index (χ0) is 18.4. The van der Waals surface area contributed by atoms with Crippen LogP contribution in [-0.2, 0) is 16.0 Å². The lowest BCUT2D eigenvalue weighted by Gasteiger charge is -2.39. The summed E-state index contributed by atoms with van der Waals surface area (Å²) in [5.74, 6) is 0.225. The van der Waals surface area contributed by atoms with E-state index in [9.17, 15) is 14.7 Å². The molecule has 1 N–H and O–H groups in total. The van der Waals surface area contributed by atoms with E-state index in [0.717, 1.165) is 5.56 Å². The Hall–Kier alpha value is -2.50. The number of benzene rings is 1. The SMILES string of the molecule is C=CC[C@]1(C(=O)O)CCCN(C(=O)Cc2ccc(OC)c(OC)c2)C1. The molecule has 1 aromatic carbocycles. The summed E-state index contributed by atoms with van der Waals surface area (Å²) >= 11 is 0. The fraction of sp³-hybridized carbons (Fsp3) is 0.474. The van der Waals surface area contributed by atoms with Crippen LogP contribution in [0, 0.1) is 5.41 Å². The van der Waals surface area contributed by atoms with E-state index in [-0.39, 0.29) is 18.9 Å². The molecule has 1 aliphatic rings. The van der Waals surface area contributed by atoms with Crippen LogP contribution in [0.3, 0.4) is 0 Å². The maximum Gasteiger partial charge on any atom is 0.311 e. The van der Waals surface area contributed by atoms with Crippen LogP contribution in [0.25, 0.3) is 0 Å². The number of ether oxygens (including phenoxy) is 2. The van der Waals surface area contributed by atoms with Crippen LogP contribution in [0.1, 0.15) is 24.8 Å². The Morgan fingerprint density at radius 3 is 2.64 bits per heavy atom. The number of likely N-dealkylation sites (tertiary alicyclic amines) is 1. The van der Waals surface area contributed by atoms with Gasteiger partial charge in [-0.15, -0.1) is 6.58 Å². The molecule has 6 heteroatoms. The summed E-state index contributed by atoms with van der Waals surface area (Å²) in [5.41, 5.74) is -0.120. The van der Waals surface area contributed by atoms with Crippen LogP contribution in [0.2, 0.25) is 0 Å². The molecule has 6 nitrogen and oxygen atoms in total. The highest BCUT2D eigenvalue weighted by Crippen LogP contribution is 2.35. The van der Waals surface area contributed by atoms with Gasteiger partial charge in [0.1, 0.15) is 0 Å². The van der Waals surface area contributed by atoms with Gasteiger partial charge in [-0.25, -0.2) is 0 Å². The van der Waals surface area contributed by atoms with E-state index in [4.69, 9.17) is 9.47 Å². The van der Waals surface area contributed by atoms with E-state index in [2.05, 4.69) is 6.58 Å². The lowest BCUT2D eigenvalue weighted by Crippen LogP contribution is -2.50. The maximum atomic E-state index is 12.7. The summed E-state index contributed by atoms with van der Waals surface area (Å²) in [6, 6.07) is 5.35. The van der Waals surface area contributed by atoms with E-state index in [1.807, 2.05) is 6.07 Å².